The highest BCUT2D eigenvalue weighted by atomic mass is 32.2. The molecule has 0 N–H and O–H groups in total. The molecule has 2 rings (SSSR count). The fourth-order valence-corrected chi connectivity index (χ4v) is 3.31. The fraction of sp³-hybridized carbons (Fsp3) is 0.455. The van der Waals surface area contributed by atoms with Crippen LogP contribution in [0.2, 0.25) is 0 Å². The number of hydrogen-bond donors (Lipinski definition) is 0. The van der Waals surface area contributed by atoms with Gasteiger partial charge < -0.3 is 0 Å². The smallest absolute Gasteiger partial charge is 0.123 e. The van der Waals surface area contributed by atoms with Crippen molar-refractivity contribution in [3.05, 3.63) is 35.6 Å². The molecule has 0 aromatic heterocycles. The Morgan fingerprint density at radius 2 is 1.92 bits per heavy atom. The fourth-order valence-electron chi connectivity index (χ4n) is 1.80. The minimum atomic E-state index is -0.137. The third-order valence-electron chi connectivity index (χ3n) is 2.66. The van der Waals surface area contributed by atoms with Crippen LogP contribution >= 0.6 is 11.8 Å². The average molecular weight is 196 g/mol. The van der Waals surface area contributed by atoms with E-state index in [-0.39, 0.29) is 5.82 Å². The largest absolute Gasteiger partial charge is 0.207 e. The molecule has 70 valence electrons. The van der Waals surface area contributed by atoms with E-state index in [1.807, 2.05) is 23.9 Å². The molecule has 1 aliphatic heterocycles. The van der Waals surface area contributed by atoms with Gasteiger partial charge >= 0.3 is 0 Å². The number of rotatable bonds is 1. The quantitative estimate of drug-likeness (QED) is 0.664. The summed E-state index contributed by atoms with van der Waals surface area (Å²) >= 11 is 2.00. The maximum Gasteiger partial charge on any atom is 0.123 e. The third-order valence-corrected chi connectivity index (χ3v) is 4.02. The first-order valence-electron chi connectivity index (χ1n) is 4.60. The molecule has 0 radical (unpaired) electrons. The van der Waals surface area contributed by atoms with Crippen molar-refractivity contribution in [3.8, 4) is 0 Å². The van der Waals surface area contributed by atoms with E-state index in [2.05, 4.69) is 6.92 Å². The van der Waals surface area contributed by atoms with E-state index in [9.17, 15) is 4.39 Å². The summed E-state index contributed by atoms with van der Waals surface area (Å²) in [4.78, 5) is 0. The molecule has 1 aromatic carbocycles. The number of halogens is 1. The van der Waals surface area contributed by atoms with E-state index in [1.54, 1.807) is 12.1 Å². The first-order valence-corrected chi connectivity index (χ1v) is 5.76. The van der Waals surface area contributed by atoms with Crippen molar-refractivity contribution in [1.82, 2.24) is 0 Å². The van der Waals surface area contributed by atoms with E-state index in [0.29, 0.717) is 5.92 Å². The van der Waals surface area contributed by atoms with Crippen LogP contribution in [0.1, 0.15) is 18.4 Å². The third kappa shape index (κ3) is 1.88. The van der Waals surface area contributed by atoms with Crippen LogP contribution < -0.4 is 0 Å². The molecule has 1 aromatic rings. The molecule has 0 bridgehead atoms. The molecule has 0 amide bonds. The second-order valence-electron chi connectivity index (χ2n) is 3.67. The zero-order valence-electron chi connectivity index (χ0n) is 7.66. The zero-order valence-corrected chi connectivity index (χ0v) is 8.48. The maximum atomic E-state index is 12.7. The van der Waals surface area contributed by atoms with Crippen LogP contribution in [0.3, 0.4) is 0 Å². The van der Waals surface area contributed by atoms with E-state index >= 15 is 0 Å². The van der Waals surface area contributed by atoms with Gasteiger partial charge in [-0.15, -0.1) is 0 Å². The van der Waals surface area contributed by atoms with E-state index in [4.69, 9.17) is 0 Å². The minimum absolute atomic E-state index is 0.137. The number of thioether (sulfide) groups is 1. The second kappa shape index (κ2) is 3.70. The summed E-state index contributed by atoms with van der Waals surface area (Å²) in [5.41, 5.74) is 1.29. The molecule has 1 saturated heterocycles. The minimum Gasteiger partial charge on any atom is -0.207 e. The Balaban J connectivity index is 2.20. The Bertz CT molecular complexity index is 281. The predicted molar refractivity (Wildman–Crippen MR) is 55.6 cm³/mol. The standard InChI is InChI=1S/C11H13FS/c1-8-6-13-7-11(8)9-2-4-10(12)5-3-9/h2-5,8,11H,6-7H2,1H3. The van der Waals surface area contributed by atoms with Crippen LogP contribution in [-0.2, 0) is 0 Å². The Morgan fingerprint density at radius 3 is 2.46 bits per heavy atom. The van der Waals surface area contributed by atoms with Crippen LogP contribution in [0, 0.1) is 11.7 Å². The van der Waals surface area contributed by atoms with Crippen molar-refractivity contribution in [2.24, 2.45) is 5.92 Å². The molecule has 0 saturated carbocycles. The highest BCUT2D eigenvalue weighted by Gasteiger charge is 2.24. The van der Waals surface area contributed by atoms with Gasteiger partial charge in [0.15, 0.2) is 0 Å². The summed E-state index contributed by atoms with van der Waals surface area (Å²) in [5, 5.41) is 0. The maximum absolute atomic E-state index is 12.7. The van der Waals surface area contributed by atoms with E-state index < -0.39 is 0 Å². The van der Waals surface area contributed by atoms with Gasteiger partial charge in [0.05, 0.1) is 0 Å². The van der Waals surface area contributed by atoms with Gasteiger partial charge in [-0.3, -0.25) is 0 Å². The van der Waals surface area contributed by atoms with Crippen molar-refractivity contribution < 1.29 is 4.39 Å². The van der Waals surface area contributed by atoms with Crippen LogP contribution in [0.15, 0.2) is 24.3 Å². The van der Waals surface area contributed by atoms with E-state index in [0.717, 1.165) is 5.92 Å². The van der Waals surface area contributed by atoms with Crippen LogP contribution in [0.4, 0.5) is 4.39 Å². The van der Waals surface area contributed by atoms with Gasteiger partial charge in [-0.05, 0) is 35.3 Å². The molecule has 2 unspecified atom stereocenters. The van der Waals surface area contributed by atoms with Crippen LogP contribution in [-0.4, -0.2) is 11.5 Å². The first-order chi connectivity index (χ1) is 6.27. The molecule has 13 heavy (non-hydrogen) atoms. The van der Waals surface area contributed by atoms with Crippen LogP contribution in [0.25, 0.3) is 0 Å². The van der Waals surface area contributed by atoms with Gasteiger partial charge in [0.25, 0.3) is 0 Å². The lowest BCUT2D eigenvalue weighted by atomic mass is 9.90. The van der Waals surface area contributed by atoms with Crippen molar-refractivity contribution in [1.29, 1.82) is 0 Å². The summed E-state index contributed by atoms with van der Waals surface area (Å²) in [6, 6.07) is 6.96. The molecular formula is C11H13FS. The highest BCUT2D eigenvalue weighted by Crippen LogP contribution is 2.37. The molecule has 0 nitrogen and oxygen atoms in total. The molecule has 1 fully saturated rings. The summed E-state index contributed by atoms with van der Waals surface area (Å²) in [6.07, 6.45) is 0. The van der Waals surface area contributed by atoms with Crippen molar-refractivity contribution in [3.63, 3.8) is 0 Å². The van der Waals surface area contributed by atoms with Crippen molar-refractivity contribution in [2.45, 2.75) is 12.8 Å². The second-order valence-corrected chi connectivity index (χ2v) is 4.75. The Morgan fingerprint density at radius 1 is 1.23 bits per heavy atom. The van der Waals surface area contributed by atoms with Gasteiger partial charge in [0.1, 0.15) is 5.82 Å². The average Bonchev–Trinajstić information content (AvgIpc) is 2.53. The molecule has 0 spiro atoms. The summed E-state index contributed by atoms with van der Waals surface area (Å²) in [7, 11) is 0. The van der Waals surface area contributed by atoms with Crippen molar-refractivity contribution >= 4 is 11.8 Å². The lowest BCUT2D eigenvalue weighted by Crippen LogP contribution is -2.06. The summed E-state index contributed by atoms with van der Waals surface area (Å²) in [6.45, 7) is 2.27. The molecule has 2 heteroatoms. The molecular weight excluding hydrogens is 183 g/mol. The monoisotopic (exact) mass is 196 g/mol. The predicted octanol–water partition coefficient (Wildman–Crippen LogP) is 3.29. The molecule has 1 aliphatic rings. The topological polar surface area (TPSA) is 0 Å². The highest BCUT2D eigenvalue weighted by molar-refractivity contribution is 7.99. The van der Waals surface area contributed by atoms with Crippen molar-refractivity contribution in [2.75, 3.05) is 11.5 Å². The Hall–Kier alpha value is -0.500. The lowest BCUT2D eigenvalue weighted by molar-refractivity contribution is 0.571. The van der Waals surface area contributed by atoms with Gasteiger partial charge in [0, 0.05) is 5.75 Å². The SMILES string of the molecule is CC1CSCC1c1ccc(F)cc1. The van der Waals surface area contributed by atoms with Gasteiger partial charge in [-0.1, -0.05) is 19.1 Å². The summed E-state index contributed by atoms with van der Waals surface area (Å²) < 4.78 is 12.7. The number of hydrogen-bond acceptors (Lipinski definition) is 1. The van der Waals surface area contributed by atoms with Gasteiger partial charge in [-0.2, -0.15) is 11.8 Å². The Kier molecular flexibility index (Phi) is 2.58. The van der Waals surface area contributed by atoms with Crippen LogP contribution in [0.5, 0.6) is 0 Å². The number of benzene rings is 1. The van der Waals surface area contributed by atoms with Gasteiger partial charge in [0.2, 0.25) is 0 Å². The summed E-state index contributed by atoms with van der Waals surface area (Å²) in [5.74, 6) is 3.65. The Labute approximate surface area is 82.5 Å². The molecule has 1 heterocycles. The molecule has 2 atom stereocenters. The van der Waals surface area contributed by atoms with Gasteiger partial charge in [-0.25, -0.2) is 4.39 Å². The zero-order chi connectivity index (χ0) is 9.26. The van der Waals surface area contributed by atoms with E-state index in [1.165, 1.54) is 17.1 Å². The lowest BCUT2D eigenvalue weighted by Gasteiger charge is -2.14. The molecule has 0 aliphatic carbocycles. The first kappa shape index (κ1) is 9.07. The normalized spacial score (nSPS) is 27.8.